The second kappa shape index (κ2) is 5.40. The predicted molar refractivity (Wildman–Crippen MR) is 75.6 cm³/mol. The van der Waals surface area contributed by atoms with Crippen LogP contribution in [0.4, 0.5) is 5.69 Å². The van der Waals surface area contributed by atoms with E-state index in [1.165, 1.54) is 6.07 Å². The topological polar surface area (TPSA) is 73.1 Å². The van der Waals surface area contributed by atoms with E-state index >= 15 is 0 Å². The van der Waals surface area contributed by atoms with Crippen molar-refractivity contribution in [2.45, 2.75) is 18.2 Å². The minimum Gasteiger partial charge on any atom is -0.399 e. The van der Waals surface area contributed by atoms with Crippen LogP contribution in [0, 0.1) is 6.92 Å². The first-order chi connectivity index (χ1) is 8.99. The number of nitrogens with two attached hydrogens (primary N) is 1. The van der Waals surface area contributed by atoms with Crippen molar-refractivity contribution in [1.82, 2.24) is 4.98 Å². The van der Waals surface area contributed by atoms with E-state index in [-0.39, 0.29) is 5.75 Å². The lowest BCUT2D eigenvalue weighted by atomic mass is 10.2. The quantitative estimate of drug-likeness (QED) is 0.867. The summed E-state index contributed by atoms with van der Waals surface area (Å²) < 4.78 is 24.6. The van der Waals surface area contributed by atoms with E-state index in [0.29, 0.717) is 17.0 Å². The molecule has 0 fully saturated rings. The molecule has 100 valence electrons. The van der Waals surface area contributed by atoms with Gasteiger partial charge in [0.15, 0.2) is 9.84 Å². The van der Waals surface area contributed by atoms with Crippen molar-refractivity contribution in [1.29, 1.82) is 0 Å². The summed E-state index contributed by atoms with van der Waals surface area (Å²) in [6, 6.07) is 8.60. The zero-order valence-electron chi connectivity index (χ0n) is 10.7. The Morgan fingerprint density at radius 1 is 1.16 bits per heavy atom. The Balaban J connectivity index is 2.21. The van der Waals surface area contributed by atoms with E-state index in [9.17, 15) is 8.42 Å². The van der Waals surface area contributed by atoms with Crippen molar-refractivity contribution in [2.24, 2.45) is 0 Å². The lowest BCUT2D eigenvalue weighted by Gasteiger charge is -2.08. The summed E-state index contributed by atoms with van der Waals surface area (Å²) in [6.07, 6.45) is 3.79. The van der Waals surface area contributed by atoms with Crippen molar-refractivity contribution in [3.8, 4) is 0 Å². The monoisotopic (exact) mass is 276 g/mol. The second-order valence-corrected chi connectivity index (χ2v) is 6.53. The van der Waals surface area contributed by atoms with Crippen molar-refractivity contribution in [3.05, 3.63) is 53.9 Å². The number of nitrogens with zero attached hydrogens (tertiary/aromatic N) is 1. The third-order valence-corrected chi connectivity index (χ3v) is 4.81. The average molecular weight is 276 g/mol. The largest absolute Gasteiger partial charge is 0.399 e. The van der Waals surface area contributed by atoms with Gasteiger partial charge in [0.1, 0.15) is 0 Å². The van der Waals surface area contributed by atoms with Crippen LogP contribution in [0.1, 0.15) is 11.1 Å². The SMILES string of the molecule is Cc1ccc(N)cc1S(=O)(=O)CCc1ccncc1. The van der Waals surface area contributed by atoms with Gasteiger partial charge in [0, 0.05) is 18.1 Å². The number of sulfone groups is 1. The molecule has 0 aliphatic heterocycles. The summed E-state index contributed by atoms with van der Waals surface area (Å²) in [5.41, 5.74) is 7.81. The first-order valence-electron chi connectivity index (χ1n) is 5.97. The van der Waals surface area contributed by atoms with Gasteiger partial charge < -0.3 is 5.73 Å². The minimum atomic E-state index is -3.31. The summed E-state index contributed by atoms with van der Waals surface area (Å²) in [7, 11) is -3.31. The maximum absolute atomic E-state index is 12.3. The van der Waals surface area contributed by atoms with Crippen molar-refractivity contribution < 1.29 is 8.42 Å². The van der Waals surface area contributed by atoms with Gasteiger partial charge >= 0.3 is 0 Å². The summed E-state index contributed by atoms with van der Waals surface area (Å²) in [5.74, 6) is 0.0707. The lowest BCUT2D eigenvalue weighted by Crippen LogP contribution is -2.11. The van der Waals surface area contributed by atoms with Crippen LogP contribution in [-0.2, 0) is 16.3 Å². The van der Waals surface area contributed by atoms with Crippen molar-refractivity contribution in [2.75, 3.05) is 11.5 Å². The highest BCUT2D eigenvalue weighted by molar-refractivity contribution is 7.91. The first-order valence-corrected chi connectivity index (χ1v) is 7.62. The Kier molecular flexibility index (Phi) is 3.85. The van der Waals surface area contributed by atoms with Crippen molar-refractivity contribution >= 4 is 15.5 Å². The molecule has 0 aliphatic carbocycles. The van der Waals surface area contributed by atoms with Crippen LogP contribution in [-0.4, -0.2) is 19.2 Å². The van der Waals surface area contributed by atoms with Crippen LogP contribution in [0.3, 0.4) is 0 Å². The number of pyridine rings is 1. The fourth-order valence-corrected chi connectivity index (χ4v) is 3.46. The fraction of sp³-hybridized carbons (Fsp3) is 0.214. The minimum absolute atomic E-state index is 0.0707. The van der Waals surface area contributed by atoms with Gasteiger partial charge in [0.25, 0.3) is 0 Å². The van der Waals surface area contributed by atoms with E-state index < -0.39 is 9.84 Å². The van der Waals surface area contributed by atoms with Gasteiger partial charge in [-0.3, -0.25) is 4.98 Å². The molecule has 0 saturated heterocycles. The number of aryl methyl sites for hydroxylation is 2. The summed E-state index contributed by atoms with van der Waals surface area (Å²) in [5, 5.41) is 0. The number of hydrogen-bond donors (Lipinski definition) is 1. The molecule has 5 heteroatoms. The van der Waals surface area contributed by atoms with Gasteiger partial charge in [-0.05, 0) is 48.7 Å². The molecule has 19 heavy (non-hydrogen) atoms. The van der Waals surface area contributed by atoms with Crippen LogP contribution in [0.25, 0.3) is 0 Å². The third kappa shape index (κ3) is 3.32. The highest BCUT2D eigenvalue weighted by Crippen LogP contribution is 2.20. The average Bonchev–Trinajstić information content (AvgIpc) is 2.40. The highest BCUT2D eigenvalue weighted by Gasteiger charge is 2.17. The Labute approximate surface area is 113 Å². The summed E-state index contributed by atoms with van der Waals surface area (Å²) in [6.45, 7) is 1.78. The predicted octanol–water partition coefficient (Wildman–Crippen LogP) is 1.99. The Morgan fingerprint density at radius 2 is 1.84 bits per heavy atom. The summed E-state index contributed by atoms with van der Waals surface area (Å²) in [4.78, 5) is 4.23. The molecule has 1 aromatic heterocycles. The third-order valence-electron chi connectivity index (χ3n) is 2.96. The number of aromatic nitrogens is 1. The van der Waals surface area contributed by atoms with Crippen LogP contribution in [0.15, 0.2) is 47.6 Å². The molecule has 0 bridgehead atoms. The van der Waals surface area contributed by atoms with Gasteiger partial charge in [-0.15, -0.1) is 0 Å². The van der Waals surface area contributed by atoms with E-state index in [1.54, 1.807) is 31.5 Å². The van der Waals surface area contributed by atoms with Crippen LogP contribution >= 0.6 is 0 Å². The molecule has 1 heterocycles. The fourth-order valence-electron chi connectivity index (χ4n) is 1.86. The Bertz CT molecular complexity index is 667. The van der Waals surface area contributed by atoms with Crippen LogP contribution in [0.5, 0.6) is 0 Å². The van der Waals surface area contributed by atoms with E-state index in [4.69, 9.17) is 5.73 Å². The first kappa shape index (κ1) is 13.5. The number of benzene rings is 1. The molecule has 0 amide bonds. The van der Waals surface area contributed by atoms with E-state index in [2.05, 4.69) is 4.98 Å². The number of rotatable bonds is 4. The number of anilines is 1. The maximum atomic E-state index is 12.3. The number of hydrogen-bond acceptors (Lipinski definition) is 4. The van der Waals surface area contributed by atoms with E-state index in [0.717, 1.165) is 11.1 Å². The molecule has 0 spiro atoms. The van der Waals surface area contributed by atoms with E-state index in [1.807, 2.05) is 12.1 Å². The molecule has 2 aromatic rings. The molecule has 2 N–H and O–H groups in total. The molecule has 0 aliphatic rings. The second-order valence-electron chi connectivity index (χ2n) is 4.45. The van der Waals surface area contributed by atoms with Crippen LogP contribution in [0.2, 0.25) is 0 Å². The summed E-state index contributed by atoms with van der Waals surface area (Å²) >= 11 is 0. The molecule has 4 nitrogen and oxygen atoms in total. The standard InChI is InChI=1S/C14H16N2O2S/c1-11-2-3-13(15)10-14(11)19(17,18)9-6-12-4-7-16-8-5-12/h2-5,7-8,10H,6,9,15H2,1H3. The maximum Gasteiger partial charge on any atom is 0.179 e. The molecule has 0 saturated carbocycles. The molecular formula is C14H16N2O2S. The van der Waals surface area contributed by atoms with Gasteiger partial charge in [-0.2, -0.15) is 0 Å². The molecule has 0 radical (unpaired) electrons. The van der Waals surface area contributed by atoms with Gasteiger partial charge in [0.05, 0.1) is 10.6 Å². The molecule has 0 unspecified atom stereocenters. The van der Waals surface area contributed by atoms with Gasteiger partial charge in [0.2, 0.25) is 0 Å². The van der Waals surface area contributed by atoms with Gasteiger partial charge in [-0.1, -0.05) is 6.07 Å². The number of nitrogen functional groups attached to an aromatic ring is 1. The Hall–Kier alpha value is -1.88. The van der Waals surface area contributed by atoms with Gasteiger partial charge in [-0.25, -0.2) is 8.42 Å². The molecule has 0 atom stereocenters. The molecule has 2 rings (SSSR count). The Morgan fingerprint density at radius 3 is 2.53 bits per heavy atom. The molecular weight excluding hydrogens is 260 g/mol. The smallest absolute Gasteiger partial charge is 0.179 e. The molecule has 1 aromatic carbocycles. The normalized spacial score (nSPS) is 11.4. The zero-order valence-corrected chi connectivity index (χ0v) is 11.5. The highest BCUT2D eigenvalue weighted by atomic mass is 32.2. The zero-order chi connectivity index (χ0) is 13.9. The van der Waals surface area contributed by atoms with Crippen LogP contribution < -0.4 is 5.73 Å². The lowest BCUT2D eigenvalue weighted by molar-refractivity contribution is 0.594. The van der Waals surface area contributed by atoms with Crippen molar-refractivity contribution in [3.63, 3.8) is 0 Å².